The zero-order chi connectivity index (χ0) is 13.2. The fraction of sp³-hybridized carbons (Fsp3) is 0.769. The maximum Gasteiger partial charge on any atom is 0.234 e. The summed E-state index contributed by atoms with van der Waals surface area (Å²) in [6.45, 7) is 6.78. The molecule has 2 aromatic rings. The van der Waals surface area contributed by atoms with Crippen LogP contribution < -0.4 is 5.32 Å². The summed E-state index contributed by atoms with van der Waals surface area (Å²) in [5.41, 5.74) is 0. The van der Waals surface area contributed by atoms with Crippen molar-refractivity contribution in [2.24, 2.45) is 11.8 Å². The molecule has 0 aromatic carbocycles. The summed E-state index contributed by atoms with van der Waals surface area (Å²) in [7, 11) is 0. The van der Waals surface area contributed by atoms with E-state index in [1.807, 2.05) is 4.52 Å². The van der Waals surface area contributed by atoms with Crippen LogP contribution in [0.5, 0.6) is 0 Å². The van der Waals surface area contributed by atoms with Crippen molar-refractivity contribution in [3.05, 3.63) is 10.8 Å². The van der Waals surface area contributed by atoms with Crippen molar-refractivity contribution < 1.29 is 0 Å². The van der Waals surface area contributed by atoms with Gasteiger partial charge in [0.2, 0.25) is 4.96 Å². The molecule has 3 rings (SSSR count). The Bertz CT molecular complexity index is 540. The fourth-order valence-corrected chi connectivity index (χ4v) is 3.80. The quantitative estimate of drug-likeness (QED) is 0.929. The van der Waals surface area contributed by atoms with Crippen molar-refractivity contribution in [3.63, 3.8) is 0 Å². The van der Waals surface area contributed by atoms with E-state index in [0.29, 0.717) is 5.92 Å². The highest BCUT2D eigenvalue weighted by Gasteiger charge is 2.22. The van der Waals surface area contributed by atoms with Crippen molar-refractivity contribution in [3.8, 4) is 0 Å². The number of fused-ring (bicyclic) bond motifs is 1. The summed E-state index contributed by atoms with van der Waals surface area (Å²) < 4.78 is 1.91. The Morgan fingerprint density at radius 3 is 3.11 bits per heavy atom. The third kappa shape index (κ3) is 2.65. The van der Waals surface area contributed by atoms with Gasteiger partial charge < -0.3 is 5.32 Å². The third-order valence-electron chi connectivity index (χ3n) is 4.05. The van der Waals surface area contributed by atoms with E-state index in [-0.39, 0.29) is 0 Å². The van der Waals surface area contributed by atoms with Gasteiger partial charge in [-0.1, -0.05) is 25.2 Å². The van der Waals surface area contributed by atoms with Crippen molar-refractivity contribution in [1.82, 2.24) is 25.1 Å². The highest BCUT2D eigenvalue weighted by Crippen LogP contribution is 2.25. The lowest BCUT2D eigenvalue weighted by molar-refractivity contribution is 0.278. The van der Waals surface area contributed by atoms with Crippen LogP contribution in [0.2, 0.25) is 0 Å². The minimum Gasteiger partial charge on any atom is -0.316 e. The summed E-state index contributed by atoms with van der Waals surface area (Å²) in [4.78, 5) is 0.931. The summed E-state index contributed by atoms with van der Waals surface area (Å²) in [5, 5.41) is 17.7. The van der Waals surface area contributed by atoms with E-state index in [2.05, 4.69) is 34.5 Å². The van der Waals surface area contributed by atoms with Crippen molar-refractivity contribution in [2.75, 3.05) is 13.1 Å². The van der Waals surface area contributed by atoms with Gasteiger partial charge in [0, 0.05) is 12.8 Å². The largest absolute Gasteiger partial charge is 0.316 e. The van der Waals surface area contributed by atoms with Crippen LogP contribution in [0.4, 0.5) is 0 Å². The summed E-state index contributed by atoms with van der Waals surface area (Å²) in [5.74, 6) is 2.43. The predicted molar refractivity (Wildman–Crippen MR) is 76.5 cm³/mol. The number of piperidine rings is 1. The lowest BCUT2D eigenvalue weighted by Gasteiger charge is -2.27. The number of nitrogens with zero attached hydrogens (tertiary/aromatic N) is 4. The molecule has 2 atom stereocenters. The molecule has 19 heavy (non-hydrogen) atoms. The zero-order valence-corrected chi connectivity index (χ0v) is 12.4. The van der Waals surface area contributed by atoms with E-state index in [4.69, 9.17) is 0 Å². The molecule has 2 aromatic heterocycles. The number of hydrogen-bond donors (Lipinski definition) is 1. The highest BCUT2D eigenvalue weighted by molar-refractivity contribution is 7.16. The molecule has 0 amide bonds. The van der Waals surface area contributed by atoms with E-state index in [1.165, 1.54) is 24.4 Å². The normalized spacial score (nSPS) is 21.9. The van der Waals surface area contributed by atoms with Crippen LogP contribution >= 0.6 is 11.3 Å². The summed E-state index contributed by atoms with van der Waals surface area (Å²) in [6.07, 6.45) is 4.59. The van der Waals surface area contributed by atoms with Gasteiger partial charge in [-0.3, -0.25) is 0 Å². The highest BCUT2D eigenvalue weighted by atomic mass is 32.1. The van der Waals surface area contributed by atoms with E-state index in [1.54, 1.807) is 11.3 Å². The average Bonchev–Trinajstić information content (AvgIpc) is 2.99. The number of aryl methyl sites for hydroxylation is 1. The molecule has 0 radical (unpaired) electrons. The number of nitrogens with one attached hydrogen (secondary N) is 1. The molecular formula is C13H21N5S. The zero-order valence-electron chi connectivity index (χ0n) is 11.6. The molecular weight excluding hydrogens is 258 g/mol. The van der Waals surface area contributed by atoms with Crippen LogP contribution in [0, 0.1) is 11.8 Å². The first-order valence-corrected chi connectivity index (χ1v) is 8.00. The van der Waals surface area contributed by atoms with Crippen molar-refractivity contribution >= 4 is 16.3 Å². The molecule has 104 valence electrons. The van der Waals surface area contributed by atoms with E-state index >= 15 is 0 Å². The molecule has 2 unspecified atom stereocenters. The van der Waals surface area contributed by atoms with Gasteiger partial charge in [-0.15, -0.1) is 10.2 Å². The van der Waals surface area contributed by atoms with Gasteiger partial charge in [0.05, 0.1) is 0 Å². The van der Waals surface area contributed by atoms with E-state index < -0.39 is 0 Å². The average molecular weight is 279 g/mol. The van der Waals surface area contributed by atoms with Gasteiger partial charge in [-0.25, -0.2) is 0 Å². The second-order valence-corrected chi connectivity index (χ2v) is 6.49. The second-order valence-electron chi connectivity index (χ2n) is 5.45. The molecule has 0 spiro atoms. The number of aromatic nitrogens is 4. The van der Waals surface area contributed by atoms with Gasteiger partial charge in [0.25, 0.3) is 0 Å². The van der Waals surface area contributed by atoms with Crippen LogP contribution in [0.3, 0.4) is 0 Å². The molecule has 0 saturated carbocycles. The first kappa shape index (κ1) is 13.0. The van der Waals surface area contributed by atoms with Gasteiger partial charge in [0.1, 0.15) is 5.01 Å². The second kappa shape index (κ2) is 5.54. The maximum absolute atomic E-state index is 4.67. The number of rotatable bonds is 4. The Labute approximate surface area is 117 Å². The Morgan fingerprint density at radius 1 is 1.47 bits per heavy atom. The van der Waals surface area contributed by atoms with Crippen LogP contribution in [0.15, 0.2) is 0 Å². The van der Waals surface area contributed by atoms with Gasteiger partial charge in [-0.2, -0.15) is 9.61 Å². The van der Waals surface area contributed by atoms with Crippen molar-refractivity contribution in [2.45, 2.75) is 39.5 Å². The molecule has 0 aliphatic carbocycles. The molecule has 6 heteroatoms. The first-order valence-electron chi connectivity index (χ1n) is 7.18. The first-order chi connectivity index (χ1) is 9.28. The monoisotopic (exact) mass is 279 g/mol. The Morgan fingerprint density at radius 2 is 2.37 bits per heavy atom. The molecule has 1 aliphatic rings. The molecule has 1 aliphatic heterocycles. The molecule has 1 saturated heterocycles. The topological polar surface area (TPSA) is 55.1 Å². The lowest BCUT2D eigenvalue weighted by atomic mass is 9.86. The van der Waals surface area contributed by atoms with Gasteiger partial charge in [-0.05, 0) is 37.8 Å². The van der Waals surface area contributed by atoms with E-state index in [9.17, 15) is 0 Å². The van der Waals surface area contributed by atoms with Gasteiger partial charge >= 0.3 is 0 Å². The summed E-state index contributed by atoms with van der Waals surface area (Å²) >= 11 is 1.68. The van der Waals surface area contributed by atoms with Crippen LogP contribution in [-0.4, -0.2) is 32.9 Å². The molecule has 0 bridgehead atoms. The van der Waals surface area contributed by atoms with Crippen LogP contribution in [0.1, 0.15) is 37.5 Å². The van der Waals surface area contributed by atoms with Crippen molar-refractivity contribution in [1.29, 1.82) is 0 Å². The van der Waals surface area contributed by atoms with Crippen LogP contribution in [-0.2, 0) is 12.8 Å². The molecule has 1 fully saturated rings. The molecule has 1 N–H and O–H groups in total. The Balaban J connectivity index is 1.71. The Hall–Kier alpha value is -1.01. The lowest BCUT2D eigenvalue weighted by Crippen LogP contribution is -2.33. The third-order valence-corrected chi connectivity index (χ3v) is 4.97. The van der Waals surface area contributed by atoms with Gasteiger partial charge in [0.15, 0.2) is 5.82 Å². The molecule has 3 heterocycles. The standard InChI is InChI=1S/C13H21N5S/c1-3-11-15-16-13-18(11)17-12(19-13)7-9(2)10-5-4-6-14-8-10/h9-10,14H,3-8H2,1-2H3. The SMILES string of the molecule is CCc1nnc2sc(CC(C)C3CCCNC3)nn12. The number of hydrogen-bond acceptors (Lipinski definition) is 5. The maximum atomic E-state index is 4.67. The molecule has 5 nitrogen and oxygen atoms in total. The van der Waals surface area contributed by atoms with E-state index in [0.717, 1.165) is 36.1 Å². The fourth-order valence-electron chi connectivity index (χ4n) is 2.81. The summed E-state index contributed by atoms with van der Waals surface area (Å²) in [6, 6.07) is 0. The predicted octanol–water partition coefficient (Wildman–Crippen LogP) is 1.93. The smallest absolute Gasteiger partial charge is 0.234 e. The minimum absolute atomic E-state index is 0.682. The van der Waals surface area contributed by atoms with Crippen LogP contribution in [0.25, 0.3) is 4.96 Å². The Kier molecular flexibility index (Phi) is 3.79. The minimum atomic E-state index is 0.682.